The van der Waals surface area contributed by atoms with Crippen LogP contribution in [0.1, 0.15) is 17.7 Å². The van der Waals surface area contributed by atoms with Crippen molar-refractivity contribution in [1.82, 2.24) is 4.90 Å². The maximum atomic E-state index is 5.71. The zero-order valence-corrected chi connectivity index (χ0v) is 12.6. The van der Waals surface area contributed by atoms with Gasteiger partial charge >= 0.3 is 0 Å². The largest absolute Gasteiger partial charge is 0.468 e. The van der Waals surface area contributed by atoms with E-state index in [0.717, 1.165) is 38.2 Å². The summed E-state index contributed by atoms with van der Waals surface area (Å²) >= 11 is 0. The van der Waals surface area contributed by atoms with Gasteiger partial charge in [-0.1, -0.05) is 30.3 Å². The summed E-state index contributed by atoms with van der Waals surface area (Å²) in [5.74, 6) is 1.59. The lowest BCUT2D eigenvalue weighted by Crippen LogP contribution is -2.44. The lowest BCUT2D eigenvalue weighted by atomic mass is 9.88. The summed E-state index contributed by atoms with van der Waals surface area (Å²) in [6, 6.07) is 14.7. The highest BCUT2D eigenvalue weighted by atomic mass is 16.5. The van der Waals surface area contributed by atoms with Gasteiger partial charge in [-0.05, 0) is 30.5 Å². The molecule has 0 aliphatic carbocycles. The number of likely N-dealkylation sites (tertiary alicyclic amines) is 1. The van der Waals surface area contributed by atoms with E-state index in [1.54, 1.807) is 6.26 Å². The molecule has 0 amide bonds. The summed E-state index contributed by atoms with van der Waals surface area (Å²) in [5.41, 5.74) is 1.39. The number of hydrogen-bond donors (Lipinski definition) is 0. The highest BCUT2D eigenvalue weighted by Gasteiger charge is 2.29. The van der Waals surface area contributed by atoms with E-state index in [4.69, 9.17) is 9.15 Å². The van der Waals surface area contributed by atoms with Gasteiger partial charge in [0.05, 0.1) is 18.9 Å². The van der Waals surface area contributed by atoms with Gasteiger partial charge in [0, 0.05) is 26.1 Å². The monoisotopic (exact) mass is 285 g/mol. The first-order valence-corrected chi connectivity index (χ1v) is 7.66. The van der Waals surface area contributed by atoms with Crippen molar-refractivity contribution in [3.63, 3.8) is 0 Å². The smallest absolute Gasteiger partial charge is 0.117 e. The Hall–Kier alpha value is -1.58. The van der Waals surface area contributed by atoms with Gasteiger partial charge < -0.3 is 9.15 Å². The molecule has 3 nitrogen and oxygen atoms in total. The molecule has 112 valence electrons. The van der Waals surface area contributed by atoms with E-state index in [1.807, 2.05) is 13.2 Å². The van der Waals surface area contributed by atoms with Crippen LogP contribution in [0, 0.1) is 5.92 Å². The van der Waals surface area contributed by atoms with Gasteiger partial charge in [-0.15, -0.1) is 0 Å². The van der Waals surface area contributed by atoms with Crippen LogP contribution < -0.4 is 0 Å². The maximum Gasteiger partial charge on any atom is 0.117 e. The third-order valence-electron chi connectivity index (χ3n) is 4.35. The van der Waals surface area contributed by atoms with Crippen molar-refractivity contribution in [2.45, 2.75) is 25.5 Å². The third kappa shape index (κ3) is 3.74. The minimum absolute atomic E-state index is 0.359. The zero-order valence-electron chi connectivity index (χ0n) is 12.6. The Balaban J connectivity index is 1.64. The highest BCUT2D eigenvalue weighted by molar-refractivity contribution is 5.16. The fraction of sp³-hybridized carbons (Fsp3) is 0.444. The summed E-state index contributed by atoms with van der Waals surface area (Å²) in [5, 5.41) is 0. The second-order valence-electron chi connectivity index (χ2n) is 5.83. The average Bonchev–Trinajstić information content (AvgIpc) is 3.02. The molecule has 1 saturated heterocycles. The standard InChI is InChI=1S/C18H23NO2/c1-20-18-9-10-19(14-17-8-5-11-21-17)13-16(18)12-15-6-3-2-4-7-15/h2-8,11,16,18H,9-10,12-14H2,1H3/t16-,18-/m1/s1. The van der Waals surface area contributed by atoms with Crippen LogP contribution in [0.3, 0.4) is 0 Å². The van der Waals surface area contributed by atoms with E-state index >= 15 is 0 Å². The molecule has 1 aliphatic rings. The van der Waals surface area contributed by atoms with Crippen molar-refractivity contribution < 1.29 is 9.15 Å². The summed E-state index contributed by atoms with van der Waals surface area (Å²) in [4.78, 5) is 2.47. The van der Waals surface area contributed by atoms with E-state index in [2.05, 4.69) is 41.3 Å². The average molecular weight is 285 g/mol. The lowest BCUT2D eigenvalue weighted by molar-refractivity contribution is -0.00997. The molecule has 3 rings (SSSR count). The molecule has 0 N–H and O–H groups in total. The van der Waals surface area contributed by atoms with E-state index in [0.29, 0.717) is 12.0 Å². The van der Waals surface area contributed by atoms with Crippen LogP contribution in [0.2, 0.25) is 0 Å². The maximum absolute atomic E-state index is 5.71. The van der Waals surface area contributed by atoms with Gasteiger partial charge in [0.15, 0.2) is 0 Å². The van der Waals surface area contributed by atoms with E-state index in [-0.39, 0.29) is 0 Å². The Morgan fingerprint density at radius 3 is 2.76 bits per heavy atom. The molecular formula is C18H23NO2. The van der Waals surface area contributed by atoms with Crippen LogP contribution in [0.5, 0.6) is 0 Å². The van der Waals surface area contributed by atoms with Crippen LogP contribution in [0.4, 0.5) is 0 Å². The van der Waals surface area contributed by atoms with Gasteiger partial charge in [-0.2, -0.15) is 0 Å². The van der Waals surface area contributed by atoms with Crippen molar-refractivity contribution in [2.24, 2.45) is 5.92 Å². The highest BCUT2D eigenvalue weighted by Crippen LogP contribution is 2.24. The molecule has 0 saturated carbocycles. The molecule has 1 aliphatic heterocycles. The van der Waals surface area contributed by atoms with Gasteiger partial charge in [-0.25, -0.2) is 0 Å². The molecule has 2 aromatic rings. The molecule has 1 aromatic carbocycles. The summed E-state index contributed by atoms with van der Waals surface area (Å²) in [7, 11) is 1.84. The van der Waals surface area contributed by atoms with Crippen molar-refractivity contribution in [1.29, 1.82) is 0 Å². The molecule has 0 bridgehead atoms. The van der Waals surface area contributed by atoms with E-state index < -0.39 is 0 Å². The Bertz CT molecular complexity index is 523. The number of nitrogens with zero attached hydrogens (tertiary/aromatic N) is 1. The molecule has 3 heteroatoms. The number of furan rings is 1. The topological polar surface area (TPSA) is 25.6 Å². The molecule has 21 heavy (non-hydrogen) atoms. The Labute approximate surface area is 126 Å². The van der Waals surface area contributed by atoms with Crippen molar-refractivity contribution in [3.05, 3.63) is 60.1 Å². The van der Waals surface area contributed by atoms with Crippen LogP contribution in [-0.2, 0) is 17.7 Å². The van der Waals surface area contributed by atoms with Crippen LogP contribution in [-0.4, -0.2) is 31.2 Å². The predicted molar refractivity (Wildman–Crippen MR) is 83.0 cm³/mol. The first kappa shape index (κ1) is 14.4. The zero-order chi connectivity index (χ0) is 14.5. The van der Waals surface area contributed by atoms with Gasteiger partial charge in [0.25, 0.3) is 0 Å². The minimum Gasteiger partial charge on any atom is -0.468 e. The number of piperidine rings is 1. The number of hydrogen-bond acceptors (Lipinski definition) is 3. The van der Waals surface area contributed by atoms with E-state index in [1.165, 1.54) is 5.56 Å². The normalized spacial score (nSPS) is 23.3. The van der Waals surface area contributed by atoms with Crippen LogP contribution in [0.15, 0.2) is 53.1 Å². The van der Waals surface area contributed by atoms with Crippen molar-refractivity contribution in [2.75, 3.05) is 20.2 Å². The first-order chi connectivity index (χ1) is 10.3. The summed E-state index contributed by atoms with van der Waals surface area (Å²) in [6.07, 6.45) is 4.28. The van der Waals surface area contributed by atoms with Crippen molar-refractivity contribution in [3.8, 4) is 0 Å². The number of methoxy groups -OCH3 is 1. The fourth-order valence-corrected chi connectivity index (χ4v) is 3.28. The predicted octanol–water partition coefficient (Wildman–Crippen LogP) is 3.36. The molecule has 1 aromatic heterocycles. The number of ether oxygens (including phenoxy) is 1. The van der Waals surface area contributed by atoms with Crippen LogP contribution in [0.25, 0.3) is 0 Å². The summed E-state index contributed by atoms with van der Waals surface area (Å²) < 4.78 is 11.2. The molecule has 1 fully saturated rings. The van der Waals surface area contributed by atoms with Gasteiger partial charge in [-0.3, -0.25) is 4.90 Å². The quantitative estimate of drug-likeness (QED) is 0.842. The number of benzene rings is 1. The van der Waals surface area contributed by atoms with Gasteiger partial charge in [0.2, 0.25) is 0 Å². The molecule has 0 radical (unpaired) electrons. The minimum atomic E-state index is 0.359. The van der Waals surface area contributed by atoms with Gasteiger partial charge in [0.1, 0.15) is 5.76 Å². The third-order valence-corrected chi connectivity index (χ3v) is 4.35. The Kier molecular flexibility index (Phi) is 4.73. The molecule has 0 spiro atoms. The fourth-order valence-electron chi connectivity index (χ4n) is 3.28. The van der Waals surface area contributed by atoms with E-state index in [9.17, 15) is 0 Å². The number of rotatable bonds is 5. The molecular weight excluding hydrogens is 262 g/mol. The Morgan fingerprint density at radius 1 is 1.19 bits per heavy atom. The Morgan fingerprint density at radius 2 is 2.05 bits per heavy atom. The second-order valence-corrected chi connectivity index (χ2v) is 5.83. The second kappa shape index (κ2) is 6.92. The first-order valence-electron chi connectivity index (χ1n) is 7.66. The summed E-state index contributed by atoms with van der Waals surface area (Å²) in [6.45, 7) is 3.04. The molecule has 2 atom stereocenters. The molecule has 2 heterocycles. The van der Waals surface area contributed by atoms with Crippen molar-refractivity contribution >= 4 is 0 Å². The SMILES string of the molecule is CO[C@@H]1CCN(Cc2ccco2)C[C@H]1Cc1ccccc1. The molecule has 0 unspecified atom stereocenters. The lowest BCUT2D eigenvalue weighted by Gasteiger charge is -2.37. The van der Waals surface area contributed by atoms with Crippen LogP contribution >= 0.6 is 0 Å².